The molecular formula is C26H36N6O3S. The van der Waals surface area contributed by atoms with E-state index in [0.29, 0.717) is 17.5 Å². The Morgan fingerprint density at radius 3 is 2.72 bits per heavy atom. The minimum absolute atomic E-state index is 0.0959. The molecule has 194 valence electrons. The van der Waals surface area contributed by atoms with Crippen LogP contribution in [0.4, 0.5) is 17.5 Å². The van der Waals surface area contributed by atoms with Crippen LogP contribution in [-0.2, 0) is 14.8 Å². The predicted octanol–water partition coefficient (Wildman–Crippen LogP) is 3.60. The van der Waals surface area contributed by atoms with Gasteiger partial charge in [-0.2, -0.15) is 4.98 Å². The van der Waals surface area contributed by atoms with E-state index < -0.39 is 15.6 Å². The summed E-state index contributed by atoms with van der Waals surface area (Å²) in [5.74, 6) is 1.14. The lowest BCUT2D eigenvalue weighted by Crippen LogP contribution is -2.40. The summed E-state index contributed by atoms with van der Waals surface area (Å²) >= 11 is 0. The van der Waals surface area contributed by atoms with Crippen molar-refractivity contribution >= 4 is 27.5 Å². The van der Waals surface area contributed by atoms with Gasteiger partial charge in [0.1, 0.15) is 5.82 Å². The van der Waals surface area contributed by atoms with Crippen molar-refractivity contribution in [2.45, 2.75) is 50.6 Å². The second kappa shape index (κ2) is 11.1. The number of nitrogens with zero attached hydrogens (tertiary/aromatic N) is 3. The van der Waals surface area contributed by atoms with E-state index in [-0.39, 0.29) is 10.9 Å². The van der Waals surface area contributed by atoms with E-state index >= 15 is 0 Å². The predicted molar refractivity (Wildman–Crippen MR) is 143 cm³/mol. The maximum Gasteiger partial charge on any atom is 0.241 e. The van der Waals surface area contributed by atoms with E-state index in [1.807, 2.05) is 33.8 Å². The summed E-state index contributed by atoms with van der Waals surface area (Å²) in [5.41, 5.74) is 2.28. The van der Waals surface area contributed by atoms with Crippen molar-refractivity contribution in [3.63, 3.8) is 0 Å². The number of aromatic nitrogens is 2. The third-order valence-corrected chi connectivity index (χ3v) is 7.58. The van der Waals surface area contributed by atoms with Crippen LogP contribution in [0, 0.1) is 6.92 Å². The zero-order valence-corrected chi connectivity index (χ0v) is 22.2. The zero-order valence-electron chi connectivity index (χ0n) is 21.4. The van der Waals surface area contributed by atoms with Gasteiger partial charge in [-0.25, -0.2) is 18.1 Å². The smallest absolute Gasteiger partial charge is 0.241 e. The Morgan fingerprint density at radius 2 is 1.97 bits per heavy atom. The van der Waals surface area contributed by atoms with Gasteiger partial charge in [0.05, 0.1) is 24.2 Å². The lowest BCUT2D eigenvalue weighted by atomic mass is 10.00. The van der Waals surface area contributed by atoms with Crippen LogP contribution in [0.5, 0.6) is 0 Å². The van der Waals surface area contributed by atoms with Gasteiger partial charge in [-0.15, -0.1) is 0 Å². The number of allylic oxidation sites excluding steroid dienone is 2. The Kier molecular flexibility index (Phi) is 8.09. The summed E-state index contributed by atoms with van der Waals surface area (Å²) in [5, 5.41) is 6.68. The Hall–Kier alpha value is -2.79. The van der Waals surface area contributed by atoms with Gasteiger partial charge in [-0.05, 0) is 52.3 Å². The molecule has 1 aliphatic heterocycles. The number of benzene rings is 1. The standard InChI is InChI=1S/C26H36N6O3S/c1-19-17-27-25(29-21-8-5-7-20(15-21)18-32-11-13-35-14-12-32)30-24(19)28-22-9-6-10-23(16-22)36(33,34)31-26(2,3)4/h5-10,16-17,21,31H,11-15,18H2,1-4H3,(H2,27,28,29,30). The van der Waals surface area contributed by atoms with Crippen LogP contribution in [0.3, 0.4) is 0 Å². The molecule has 0 bridgehead atoms. The normalized spacial score (nSPS) is 19.1. The Balaban J connectivity index is 1.42. The van der Waals surface area contributed by atoms with Gasteiger partial charge in [0.15, 0.2) is 0 Å². The lowest BCUT2D eigenvalue weighted by Gasteiger charge is -2.29. The van der Waals surface area contributed by atoms with Crippen LogP contribution < -0.4 is 15.4 Å². The molecule has 1 saturated heterocycles. The zero-order chi connectivity index (χ0) is 25.8. The molecule has 0 amide bonds. The number of ether oxygens (including phenoxy) is 1. The largest absolute Gasteiger partial charge is 0.379 e. The first-order valence-electron chi connectivity index (χ1n) is 12.2. The molecule has 9 nitrogen and oxygen atoms in total. The molecule has 2 heterocycles. The highest BCUT2D eigenvalue weighted by Gasteiger charge is 2.22. The van der Waals surface area contributed by atoms with Crippen molar-refractivity contribution in [3.05, 3.63) is 59.8 Å². The molecule has 10 heteroatoms. The van der Waals surface area contributed by atoms with Crippen LogP contribution in [0.1, 0.15) is 32.8 Å². The molecular weight excluding hydrogens is 476 g/mol. The van der Waals surface area contributed by atoms with Crippen LogP contribution in [-0.4, -0.2) is 67.7 Å². The van der Waals surface area contributed by atoms with E-state index in [1.165, 1.54) is 5.57 Å². The van der Waals surface area contributed by atoms with E-state index in [9.17, 15) is 8.42 Å². The van der Waals surface area contributed by atoms with Gasteiger partial charge in [0, 0.05) is 42.6 Å². The first-order valence-corrected chi connectivity index (χ1v) is 13.7. The Labute approximate surface area is 214 Å². The molecule has 1 aromatic carbocycles. The number of sulfonamides is 1. The minimum Gasteiger partial charge on any atom is -0.379 e. The Morgan fingerprint density at radius 1 is 1.19 bits per heavy atom. The number of hydrogen-bond acceptors (Lipinski definition) is 8. The van der Waals surface area contributed by atoms with E-state index in [1.54, 1.807) is 24.4 Å². The first-order chi connectivity index (χ1) is 17.1. The average molecular weight is 513 g/mol. The molecule has 2 aromatic rings. The number of morpholine rings is 1. The number of anilines is 3. The summed E-state index contributed by atoms with van der Waals surface area (Å²) in [6, 6.07) is 6.81. The maximum absolute atomic E-state index is 12.8. The highest BCUT2D eigenvalue weighted by atomic mass is 32.2. The molecule has 0 saturated carbocycles. The van der Waals surface area contributed by atoms with Crippen molar-refractivity contribution in [2.75, 3.05) is 43.5 Å². The molecule has 1 aromatic heterocycles. The fourth-order valence-electron chi connectivity index (χ4n) is 4.15. The molecule has 4 rings (SSSR count). The summed E-state index contributed by atoms with van der Waals surface area (Å²) < 4.78 is 33.6. The Bertz CT molecular complexity index is 1230. The van der Waals surface area contributed by atoms with E-state index in [2.05, 4.69) is 48.5 Å². The van der Waals surface area contributed by atoms with Crippen molar-refractivity contribution in [1.29, 1.82) is 0 Å². The van der Waals surface area contributed by atoms with E-state index in [4.69, 9.17) is 4.74 Å². The van der Waals surface area contributed by atoms with Crippen LogP contribution in [0.25, 0.3) is 0 Å². The molecule has 3 N–H and O–H groups in total. The van der Waals surface area contributed by atoms with Gasteiger partial charge in [-0.3, -0.25) is 4.90 Å². The summed E-state index contributed by atoms with van der Waals surface area (Å²) in [4.78, 5) is 11.8. The van der Waals surface area contributed by atoms with Crippen molar-refractivity contribution in [2.24, 2.45) is 0 Å². The fraction of sp³-hybridized carbons (Fsp3) is 0.462. The monoisotopic (exact) mass is 512 g/mol. The third kappa shape index (κ3) is 7.36. The molecule has 0 spiro atoms. The van der Waals surface area contributed by atoms with Gasteiger partial charge in [0.2, 0.25) is 16.0 Å². The third-order valence-electron chi connectivity index (χ3n) is 5.82. The molecule has 36 heavy (non-hydrogen) atoms. The van der Waals surface area contributed by atoms with Gasteiger partial charge in [0.25, 0.3) is 0 Å². The van der Waals surface area contributed by atoms with Gasteiger partial charge < -0.3 is 15.4 Å². The topological polar surface area (TPSA) is 108 Å². The second-order valence-corrected chi connectivity index (χ2v) is 12.0. The van der Waals surface area contributed by atoms with Crippen molar-refractivity contribution in [1.82, 2.24) is 19.6 Å². The summed E-state index contributed by atoms with van der Waals surface area (Å²) in [7, 11) is -3.64. The number of nitrogens with one attached hydrogen (secondary N) is 3. The number of rotatable bonds is 8. The summed E-state index contributed by atoms with van der Waals surface area (Å²) in [6.07, 6.45) is 9.04. The molecule has 2 aliphatic rings. The number of aryl methyl sites for hydroxylation is 1. The minimum atomic E-state index is -3.64. The lowest BCUT2D eigenvalue weighted by molar-refractivity contribution is 0.0419. The molecule has 1 aliphatic carbocycles. The molecule has 1 unspecified atom stereocenters. The highest BCUT2D eigenvalue weighted by Crippen LogP contribution is 2.24. The molecule has 1 atom stereocenters. The summed E-state index contributed by atoms with van der Waals surface area (Å²) in [6.45, 7) is 11.8. The molecule has 1 fully saturated rings. The van der Waals surface area contributed by atoms with E-state index in [0.717, 1.165) is 44.8 Å². The first kappa shape index (κ1) is 26.3. The quantitative estimate of drug-likeness (QED) is 0.492. The molecule has 0 radical (unpaired) electrons. The number of hydrogen-bond donors (Lipinski definition) is 3. The van der Waals surface area contributed by atoms with Crippen LogP contribution >= 0.6 is 0 Å². The van der Waals surface area contributed by atoms with Gasteiger partial charge >= 0.3 is 0 Å². The van der Waals surface area contributed by atoms with Crippen LogP contribution in [0.15, 0.2) is 59.2 Å². The van der Waals surface area contributed by atoms with Crippen molar-refractivity contribution < 1.29 is 13.2 Å². The maximum atomic E-state index is 12.8. The van der Waals surface area contributed by atoms with Gasteiger partial charge in [-0.1, -0.05) is 29.9 Å². The van der Waals surface area contributed by atoms with Crippen molar-refractivity contribution in [3.8, 4) is 0 Å². The second-order valence-electron chi connectivity index (χ2n) is 10.3. The average Bonchev–Trinajstić information content (AvgIpc) is 2.81. The van der Waals surface area contributed by atoms with Crippen LogP contribution in [0.2, 0.25) is 0 Å². The SMILES string of the molecule is Cc1cnc(NC2C=CC=C(CN3CCOCC3)C2)nc1Nc1cccc(S(=O)(=O)NC(C)(C)C)c1. The fourth-order valence-corrected chi connectivity index (χ4v) is 5.61. The highest BCUT2D eigenvalue weighted by molar-refractivity contribution is 7.89.